The van der Waals surface area contributed by atoms with E-state index in [9.17, 15) is 0 Å². The van der Waals surface area contributed by atoms with E-state index >= 15 is 0 Å². The van der Waals surface area contributed by atoms with E-state index < -0.39 is 7.12 Å². The monoisotopic (exact) mass is 380 g/mol. The van der Waals surface area contributed by atoms with E-state index in [0.29, 0.717) is 18.3 Å². The van der Waals surface area contributed by atoms with Gasteiger partial charge in [0.15, 0.2) is 0 Å². The Labute approximate surface area is 167 Å². The fourth-order valence-corrected chi connectivity index (χ4v) is 3.46. The van der Waals surface area contributed by atoms with E-state index in [4.69, 9.17) is 14.0 Å². The number of aromatic nitrogens is 1. The Balaban J connectivity index is 1.51. The number of benzene rings is 1. The fourth-order valence-electron chi connectivity index (χ4n) is 3.46. The number of ether oxygens (including phenoxy) is 1. The molecule has 1 unspecified atom stereocenters. The second-order valence-electron chi connectivity index (χ2n) is 9.02. The Bertz CT molecular complexity index is 849. The van der Waals surface area contributed by atoms with Gasteiger partial charge in [0, 0.05) is 11.7 Å². The van der Waals surface area contributed by atoms with E-state index in [2.05, 4.69) is 76.1 Å². The third-order valence-electron chi connectivity index (χ3n) is 6.10. The maximum atomic E-state index is 6.16. The van der Waals surface area contributed by atoms with Crippen LogP contribution in [0.15, 0.2) is 36.5 Å². The maximum absolute atomic E-state index is 6.16. The van der Waals surface area contributed by atoms with Crippen LogP contribution in [0.5, 0.6) is 5.88 Å². The molecule has 1 saturated heterocycles. The largest absolute Gasteiger partial charge is 0.496 e. The summed E-state index contributed by atoms with van der Waals surface area (Å²) >= 11 is 0. The minimum atomic E-state index is -0.425. The standard InChI is InChI=1S/C22H29BN2O3/c1-14(2)15-7-9-16(10-8-15)19-13-24-18-11-17(12-25-20(18)26-19)23-27-21(3,4)22(5,6)28-23/h7-12,14,19,24H,13H2,1-6H3. The van der Waals surface area contributed by atoms with Crippen LogP contribution in [0.1, 0.15) is 64.7 Å². The number of anilines is 1. The number of hydrogen-bond donors (Lipinski definition) is 1. The first-order valence-electron chi connectivity index (χ1n) is 10.0. The molecule has 28 heavy (non-hydrogen) atoms. The van der Waals surface area contributed by atoms with Gasteiger partial charge in [0.2, 0.25) is 5.88 Å². The predicted octanol–water partition coefficient (Wildman–Crippen LogP) is 4.05. The molecule has 0 spiro atoms. The Kier molecular flexibility index (Phi) is 4.67. The SMILES string of the molecule is CC(C)c1ccc(C2CNc3cc(B4OC(C)(C)C(C)(C)O4)cnc3O2)cc1. The third kappa shape index (κ3) is 3.40. The summed E-state index contributed by atoms with van der Waals surface area (Å²) in [5.41, 5.74) is 3.52. The minimum absolute atomic E-state index is 0.0519. The summed E-state index contributed by atoms with van der Waals surface area (Å²) in [6.45, 7) is 13.3. The zero-order chi connectivity index (χ0) is 20.1. The van der Waals surface area contributed by atoms with Gasteiger partial charge in [0.1, 0.15) is 6.10 Å². The molecule has 0 amide bonds. The number of nitrogens with zero attached hydrogens (tertiary/aromatic N) is 1. The second-order valence-corrected chi connectivity index (χ2v) is 9.02. The number of nitrogens with one attached hydrogen (secondary N) is 1. The van der Waals surface area contributed by atoms with Crippen LogP contribution in [0.2, 0.25) is 0 Å². The van der Waals surface area contributed by atoms with Crippen molar-refractivity contribution in [2.75, 3.05) is 11.9 Å². The lowest BCUT2D eigenvalue weighted by Gasteiger charge is -2.32. The Hall–Kier alpha value is -2.05. The molecule has 0 bridgehead atoms. The quantitative estimate of drug-likeness (QED) is 0.815. The topological polar surface area (TPSA) is 52.6 Å². The molecule has 148 valence electrons. The van der Waals surface area contributed by atoms with Gasteiger partial charge in [-0.1, -0.05) is 38.1 Å². The van der Waals surface area contributed by atoms with E-state index in [0.717, 1.165) is 16.7 Å². The Morgan fingerprint density at radius 3 is 2.32 bits per heavy atom. The van der Waals surface area contributed by atoms with Crippen LogP contribution in [0.4, 0.5) is 5.69 Å². The van der Waals surface area contributed by atoms with E-state index in [1.807, 2.05) is 6.07 Å². The van der Waals surface area contributed by atoms with Crippen LogP contribution >= 0.6 is 0 Å². The highest BCUT2D eigenvalue weighted by Gasteiger charge is 2.52. The second kappa shape index (κ2) is 6.78. The Morgan fingerprint density at radius 2 is 1.71 bits per heavy atom. The number of pyridine rings is 1. The van der Waals surface area contributed by atoms with Gasteiger partial charge >= 0.3 is 7.12 Å². The molecule has 4 rings (SSSR count). The first-order chi connectivity index (χ1) is 13.2. The average Bonchev–Trinajstić information content (AvgIpc) is 2.88. The van der Waals surface area contributed by atoms with Crippen molar-refractivity contribution in [3.05, 3.63) is 47.7 Å². The molecule has 2 aromatic rings. The molecule has 0 aliphatic carbocycles. The lowest BCUT2D eigenvalue weighted by Crippen LogP contribution is -2.41. The molecule has 5 nitrogen and oxygen atoms in total. The normalized spacial score (nSPS) is 22.5. The zero-order valence-corrected chi connectivity index (χ0v) is 17.6. The lowest BCUT2D eigenvalue weighted by atomic mass is 9.80. The summed E-state index contributed by atoms with van der Waals surface area (Å²) in [7, 11) is -0.425. The van der Waals surface area contributed by atoms with Gasteiger partial charge in [0.05, 0.1) is 23.4 Å². The first-order valence-corrected chi connectivity index (χ1v) is 10.0. The van der Waals surface area contributed by atoms with Gasteiger partial charge in [-0.05, 0) is 50.8 Å². The molecule has 1 fully saturated rings. The summed E-state index contributed by atoms with van der Waals surface area (Å²) in [6, 6.07) is 10.7. The molecular formula is C22H29BN2O3. The Morgan fingerprint density at radius 1 is 1.07 bits per heavy atom. The van der Waals surface area contributed by atoms with Crippen molar-refractivity contribution < 1.29 is 14.0 Å². The first kappa shape index (κ1) is 19.3. The van der Waals surface area contributed by atoms with Crippen LogP contribution < -0.4 is 15.5 Å². The summed E-state index contributed by atoms with van der Waals surface area (Å²) in [5, 5.41) is 3.46. The summed E-state index contributed by atoms with van der Waals surface area (Å²) in [6.07, 6.45) is 1.73. The van der Waals surface area contributed by atoms with Crippen LogP contribution in [0, 0.1) is 0 Å². The summed E-state index contributed by atoms with van der Waals surface area (Å²) < 4.78 is 18.4. The molecule has 3 heterocycles. The molecular weight excluding hydrogens is 351 g/mol. The van der Waals surface area contributed by atoms with Gasteiger partial charge in [-0.15, -0.1) is 0 Å². The van der Waals surface area contributed by atoms with Gasteiger partial charge in [-0.3, -0.25) is 0 Å². The highest BCUT2D eigenvalue weighted by molar-refractivity contribution is 6.62. The number of hydrogen-bond acceptors (Lipinski definition) is 5. The molecule has 2 aliphatic rings. The van der Waals surface area contributed by atoms with Gasteiger partial charge < -0.3 is 19.4 Å². The van der Waals surface area contributed by atoms with Crippen molar-refractivity contribution in [1.29, 1.82) is 0 Å². The van der Waals surface area contributed by atoms with Crippen molar-refractivity contribution in [2.45, 2.75) is 64.8 Å². The molecule has 1 N–H and O–H groups in total. The van der Waals surface area contributed by atoms with Crippen molar-refractivity contribution >= 4 is 18.3 Å². The van der Waals surface area contributed by atoms with Crippen LogP contribution in [0.25, 0.3) is 0 Å². The van der Waals surface area contributed by atoms with Gasteiger partial charge in [-0.2, -0.15) is 0 Å². The lowest BCUT2D eigenvalue weighted by molar-refractivity contribution is 0.00578. The predicted molar refractivity (Wildman–Crippen MR) is 112 cm³/mol. The van der Waals surface area contributed by atoms with Crippen LogP contribution in [-0.2, 0) is 9.31 Å². The van der Waals surface area contributed by atoms with Gasteiger partial charge in [0.25, 0.3) is 0 Å². The number of rotatable bonds is 3. The van der Waals surface area contributed by atoms with Crippen molar-refractivity contribution in [3.8, 4) is 5.88 Å². The van der Waals surface area contributed by atoms with Crippen molar-refractivity contribution in [1.82, 2.24) is 4.98 Å². The molecule has 1 atom stereocenters. The fraction of sp³-hybridized carbons (Fsp3) is 0.500. The highest BCUT2D eigenvalue weighted by Crippen LogP contribution is 2.37. The zero-order valence-electron chi connectivity index (χ0n) is 17.6. The van der Waals surface area contributed by atoms with E-state index in [-0.39, 0.29) is 17.3 Å². The van der Waals surface area contributed by atoms with Crippen LogP contribution in [0.3, 0.4) is 0 Å². The van der Waals surface area contributed by atoms with Crippen LogP contribution in [-0.4, -0.2) is 29.8 Å². The van der Waals surface area contributed by atoms with Crippen molar-refractivity contribution in [3.63, 3.8) is 0 Å². The molecule has 0 radical (unpaired) electrons. The molecule has 1 aromatic carbocycles. The summed E-state index contributed by atoms with van der Waals surface area (Å²) in [5.74, 6) is 1.14. The van der Waals surface area contributed by atoms with E-state index in [1.165, 1.54) is 5.56 Å². The molecule has 0 saturated carbocycles. The molecule has 1 aromatic heterocycles. The number of fused-ring (bicyclic) bond motifs is 1. The molecule has 2 aliphatic heterocycles. The van der Waals surface area contributed by atoms with E-state index in [1.54, 1.807) is 6.20 Å². The maximum Gasteiger partial charge on any atom is 0.496 e. The highest BCUT2D eigenvalue weighted by atomic mass is 16.7. The smallest absolute Gasteiger partial charge is 0.466 e. The van der Waals surface area contributed by atoms with Gasteiger partial charge in [-0.25, -0.2) is 4.98 Å². The minimum Gasteiger partial charge on any atom is -0.466 e. The third-order valence-corrected chi connectivity index (χ3v) is 6.10. The van der Waals surface area contributed by atoms with Crippen molar-refractivity contribution in [2.24, 2.45) is 0 Å². The average molecular weight is 380 g/mol. The summed E-state index contributed by atoms with van der Waals surface area (Å²) in [4.78, 5) is 4.54. The molecule has 6 heteroatoms.